The van der Waals surface area contributed by atoms with E-state index in [1.807, 2.05) is 30.3 Å². The summed E-state index contributed by atoms with van der Waals surface area (Å²) in [5, 5.41) is 15.4. The predicted octanol–water partition coefficient (Wildman–Crippen LogP) is 3.90. The fraction of sp³-hybridized carbons (Fsp3) is 0.464. The summed E-state index contributed by atoms with van der Waals surface area (Å²) in [7, 11) is 0. The third kappa shape index (κ3) is 6.31. The highest BCUT2D eigenvalue weighted by molar-refractivity contribution is 5.68. The number of morpholine rings is 1. The Hall–Kier alpha value is -2.78. The molecule has 1 aromatic heterocycles. The van der Waals surface area contributed by atoms with Gasteiger partial charge in [0.2, 0.25) is 5.88 Å². The highest BCUT2D eigenvalue weighted by Crippen LogP contribution is 2.33. The Morgan fingerprint density at radius 1 is 1.06 bits per heavy atom. The van der Waals surface area contributed by atoms with Crippen LogP contribution in [-0.2, 0) is 22.4 Å². The molecule has 2 saturated heterocycles. The molecule has 7 nitrogen and oxygen atoms in total. The molecule has 2 aliphatic heterocycles. The van der Waals surface area contributed by atoms with E-state index in [2.05, 4.69) is 15.0 Å². The van der Waals surface area contributed by atoms with Crippen LogP contribution >= 0.6 is 0 Å². The average molecular weight is 496 g/mol. The smallest absolute Gasteiger partial charge is 0.232 e. The van der Waals surface area contributed by atoms with Gasteiger partial charge in [-0.15, -0.1) is 0 Å². The maximum Gasteiger partial charge on any atom is 0.232 e. The summed E-state index contributed by atoms with van der Waals surface area (Å²) in [4.78, 5) is 4.40. The number of rotatable bonds is 10. The Kier molecular flexibility index (Phi) is 8.28. The predicted molar refractivity (Wildman–Crippen MR) is 135 cm³/mol. The van der Waals surface area contributed by atoms with E-state index in [-0.39, 0.29) is 11.9 Å². The number of aliphatic hydroxyl groups is 1. The van der Waals surface area contributed by atoms with Gasteiger partial charge in [-0.1, -0.05) is 35.5 Å². The topological polar surface area (TPSA) is 71.2 Å². The van der Waals surface area contributed by atoms with E-state index in [4.69, 9.17) is 14.0 Å². The minimum atomic E-state index is -0.533. The first kappa shape index (κ1) is 24.9. The lowest BCUT2D eigenvalue weighted by Gasteiger charge is -2.30. The molecule has 2 aliphatic rings. The summed E-state index contributed by atoms with van der Waals surface area (Å²) < 4.78 is 31.0. The quantitative estimate of drug-likeness (QED) is 0.457. The molecule has 2 unspecified atom stereocenters. The SMILES string of the molecule is OC(Cc1ccccc1)CN(Cc1c(-c2ccc(F)cc2)noc1N1CCOCC1)CC1CCCO1. The van der Waals surface area contributed by atoms with Crippen LogP contribution in [0.5, 0.6) is 0 Å². The maximum absolute atomic E-state index is 13.6. The first-order valence-corrected chi connectivity index (χ1v) is 12.8. The summed E-state index contributed by atoms with van der Waals surface area (Å²) in [6.45, 7) is 5.20. The van der Waals surface area contributed by atoms with Crippen LogP contribution in [-0.4, -0.2) is 73.4 Å². The number of hydrogen-bond acceptors (Lipinski definition) is 7. The van der Waals surface area contributed by atoms with Crippen molar-refractivity contribution in [3.05, 3.63) is 71.5 Å². The van der Waals surface area contributed by atoms with E-state index in [0.717, 1.165) is 36.1 Å². The van der Waals surface area contributed by atoms with Crippen molar-refractivity contribution in [2.24, 2.45) is 0 Å². The normalized spacial score (nSPS) is 19.2. The van der Waals surface area contributed by atoms with Crippen molar-refractivity contribution in [2.45, 2.75) is 38.0 Å². The minimum absolute atomic E-state index is 0.134. The molecule has 5 rings (SSSR count). The Morgan fingerprint density at radius 2 is 1.83 bits per heavy atom. The van der Waals surface area contributed by atoms with Crippen LogP contribution < -0.4 is 4.90 Å². The second-order valence-electron chi connectivity index (χ2n) is 9.59. The zero-order chi connectivity index (χ0) is 24.7. The van der Waals surface area contributed by atoms with Gasteiger partial charge in [-0.3, -0.25) is 4.90 Å². The molecule has 192 valence electrons. The summed E-state index contributed by atoms with van der Waals surface area (Å²) >= 11 is 0. The Morgan fingerprint density at radius 3 is 2.56 bits per heavy atom. The molecular weight excluding hydrogens is 461 g/mol. The van der Waals surface area contributed by atoms with Crippen molar-refractivity contribution in [1.29, 1.82) is 0 Å². The van der Waals surface area contributed by atoms with Gasteiger partial charge in [-0.2, -0.15) is 0 Å². The number of nitrogens with zero attached hydrogens (tertiary/aromatic N) is 3. The van der Waals surface area contributed by atoms with E-state index in [9.17, 15) is 9.50 Å². The molecule has 8 heteroatoms. The van der Waals surface area contributed by atoms with Gasteiger partial charge in [-0.25, -0.2) is 4.39 Å². The van der Waals surface area contributed by atoms with Crippen molar-refractivity contribution in [2.75, 3.05) is 50.9 Å². The average Bonchev–Trinajstić information content (AvgIpc) is 3.56. The lowest BCUT2D eigenvalue weighted by atomic mass is 10.0. The second kappa shape index (κ2) is 12.0. The standard InChI is InChI=1S/C28H34FN3O4/c29-23-10-8-22(9-11-23)27-26(28(36-30-27)32-12-15-34-16-13-32)20-31(19-25-7-4-14-35-25)18-24(33)17-21-5-2-1-3-6-21/h1-3,5-6,8-11,24-25,33H,4,7,12-20H2. The van der Waals surface area contributed by atoms with Crippen LogP contribution in [0.4, 0.5) is 10.3 Å². The molecule has 0 spiro atoms. The molecule has 0 bridgehead atoms. The van der Waals surface area contributed by atoms with Crippen molar-refractivity contribution in [3.8, 4) is 11.3 Å². The van der Waals surface area contributed by atoms with Crippen LogP contribution in [0.2, 0.25) is 0 Å². The third-order valence-electron chi connectivity index (χ3n) is 6.83. The molecule has 0 radical (unpaired) electrons. The molecule has 2 aromatic carbocycles. The summed E-state index contributed by atoms with van der Waals surface area (Å²) in [6, 6.07) is 16.4. The molecule has 2 atom stereocenters. The van der Waals surface area contributed by atoms with Gasteiger partial charge < -0.3 is 24.0 Å². The minimum Gasteiger partial charge on any atom is -0.391 e. The molecule has 36 heavy (non-hydrogen) atoms. The van der Waals surface area contributed by atoms with Crippen LogP contribution in [0.3, 0.4) is 0 Å². The first-order chi connectivity index (χ1) is 17.7. The number of aromatic nitrogens is 1. The maximum atomic E-state index is 13.6. The summed E-state index contributed by atoms with van der Waals surface area (Å²) in [5.74, 6) is 0.425. The Bertz CT molecular complexity index is 1080. The van der Waals surface area contributed by atoms with E-state index < -0.39 is 6.10 Å². The Labute approximate surface area is 211 Å². The van der Waals surface area contributed by atoms with Crippen molar-refractivity contribution in [1.82, 2.24) is 10.1 Å². The highest BCUT2D eigenvalue weighted by Gasteiger charge is 2.28. The molecule has 2 fully saturated rings. The van der Waals surface area contributed by atoms with Gasteiger partial charge in [0.15, 0.2) is 0 Å². The highest BCUT2D eigenvalue weighted by atomic mass is 19.1. The molecule has 0 saturated carbocycles. The van der Waals surface area contributed by atoms with Crippen LogP contribution in [0.1, 0.15) is 24.0 Å². The van der Waals surface area contributed by atoms with E-state index in [1.54, 1.807) is 12.1 Å². The zero-order valence-electron chi connectivity index (χ0n) is 20.5. The molecule has 3 heterocycles. The van der Waals surface area contributed by atoms with Gasteiger partial charge in [0, 0.05) is 44.9 Å². The fourth-order valence-electron chi connectivity index (χ4n) is 5.04. The first-order valence-electron chi connectivity index (χ1n) is 12.8. The number of halogens is 1. The second-order valence-corrected chi connectivity index (χ2v) is 9.59. The lowest BCUT2D eigenvalue weighted by molar-refractivity contribution is 0.0464. The number of ether oxygens (including phenoxy) is 2. The summed E-state index contributed by atoms with van der Waals surface area (Å²) in [6.07, 6.45) is 2.24. The lowest BCUT2D eigenvalue weighted by Crippen LogP contribution is -2.39. The van der Waals surface area contributed by atoms with Gasteiger partial charge in [-0.05, 0) is 49.1 Å². The molecular formula is C28H34FN3O4. The van der Waals surface area contributed by atoms with Crippen molar-refractivity contribution < 1.29 is 23.5 Å². The van der Waals surface area contributed by atoms with Gasteiger partial charge in [0.05, 0.1) is 31.0 Å². The largest absolute Gasteiger partial charge is 0.391 e. The van der Waals surface area contributed by atoms with Crippen molar-refractivity contribution >= 4 is 5.88 Å². The van der Waals surface area contributed by atoms with Crippen LogP contribution in [0.25, 0.3) is 11.3 Å². The molecule has 1 N–H and O–H groups in total. The zero-order valence-corrected chi connectivity index (χ0v) is 20.5. The third-order valence-corrected chi connectivity index (χ3v) is 6.83. The molecule has 0 aliphatic carbocycles. The van der Waals surface area contributed by atoms with Crippen molar-refractivity contribution in [3.63, 3.8) is 0 Å². The summed E-state index contributed by atoms with van der Waals surface area (Å²) in [5.41, 5.74) is 3.55. The van der Waals surface area contributed by atoms with Crippen LogP contribution in [0.15, 0.2) is 59.1 Å². The molecule has 3 aromatic rings. The molecule has 0 amide bonds. The van der Waals surface area contributed by atoms with E-state index in [0.29, 0.717) is 63.9 Å². The monoisotopic (exact) mass is 495 g/mol. The van der Waals surface area contributed by atoms with Gasteiger partial charge >= 0.3 is 0 Å². The van der Waals surface area contributed by atoms with Gasteiger partial charge in [0.25, 0.3) is 0 Å². The fourth-order valence-corrected chi connectivity index (χ4v) is 5.04. The van der Waals surface area contributed by atoms with Crippen LogP contribution in [0, 0.1) is 5.82 Å². The number of anilines is 1. The van der Waals surface area contributed by atoms with E-state index in [1.165, 1.54) is 12.1 Å². The van der Waals surface area contributed by atoms with Gasteiger partial charge in [0.1, 0.15) is 11.5 Å². The Balaban J connectivity index is 1.42. The number of aliphatic hydroxyl groups excluding tert-OH is 1. The van der Waals surface area contributed by atoms with E-state index >= 15 is 0 Å². The number of benzene rings is 2. The number of hydrogen-bond donors (Lipinski definition) is 1.